The van der Waals surface area contributed by atoms with Gasteiger partial charge >= 0.3 is 19.5 Å². The van der Waals surface area contributed by atoms with E-state index in [0.29, 0.717) is 6.66 Å². The van der Waals surface area contributed by atoms with Crippen LogP contribution in [0.2, 0.25) is 0 Å². The molecule has 6 heavy (non-hydrogen) atoms. The average Bonchev–Trinajstić information content (AvgIpc) is 0.722. The molecule has 0 saturated carbocycles. The van der Waals surface area contributed by atoms with Crippen molar-refractivity contribution in [3.8, 4) is 0 Å². The van der Waals surface area contributed by atoms with E-state index in [-0.39, 0.29) is 19.5 Å². The Morgan fingerprint density at radius 3 is 1.50 bits per heavy atom. The molecule has 0 rings (SSSR count). The van der Waals surface area contributed by atoms with Gasteiger partial charge in [-0.3, -0.25) is 0 Å². The zero-order chi connectivity index (χ0) is 4.50. The van der Waals surface area contributed by atoms with Crippen molar-refractivity contribution in [2.24, 2.45) is 0 Å². The molecule has 0 N–H and O–H groups in total. The molecule has 3 nitrogen and oxygen atoms in total. The van der Waals surface area contributed by atoms with Gasteiger partial charge in [-0.2, -0.15) is 0 Å². The summed E-state index contributed by atoms with van der Waals surface area (Å²) in [5.74, 6) is 0. The molecule has 0 aromatic heterocycles. The van der Waals surface area contributed by atoms with Crippen LogP contribution in [0.5, 0.6) is 0 Å². The van der Waals surface area contributed by atoms with Gasteiger partial charge in [-0.25, -0.2) is 0 Å². The van der Waals surface area contributed by atoms with Crippen LogP contribution in [0.1, 0.15) is 0 Å². The predicted octanol–water partition coefficient (Wildman–Crippen LogP) is -1.47. The van der Waals surface area contributed by atoms with E-state index in [0.717, 1.165) is 0 Å². The average molecular weight is 159 g/mol. The van der Waals surface area contributed by atoms with Crippen LogP contribution in [-0.4, -0.2) is 6.66 Å². The molecule has 0 amide bonds. The summed E-state index contributed by atoms with van der Waals surface area (Å²) in [4.78, 5) is 18.2. The van der Waals surface area contributed by atoms with Crippen LogP contribution < -0.4 is 9.79 Å². The van der Waals surface area contributed by atoms with Gasteiger partial charge in [0.15, 0.2) is 0 Å². The maximum atomic E-state index is 9.10. The Bertz CT molecular complexity index is 56.9. The summed E-state index contributed by atoms with van der Waals surface area (Å²) in [7, 11) is -4.14. The van der Waals surface area contributed by atoms with E-state index >= 15 is 0 Å². The van der Waals surface area contributed by atoms with Gasteiger partial charge in [0.1, 0.15) is 0 Å². The minimum atomic E-state index is -4.14. The van der Waals surface area contributed by atoms with E-state index in [1.165, 1.54) is 0 Å². The fraction of sp³-hybridized carbons (Fsp3) is 1.00. The topological polar surface area (TPSA) is 63.2 Å². The molecule has 0 heterocycles. The second kappa shape index (κ2) is 2.87. The number of hydrogen-bond donors (Lipinski definition) is 0. The van der Waals surface area contributed by atoms with Gasteiger partial charge in [-0.05, 0) is 6.66 Å². The Labute approximate surface area is 48.7 Å². The molecule has 0 aliphatic heterocycles. The van der Waals surface area contributed by atoms with Crippen LogP contribution in [0, 0.1) is 0 Å². The third-order valence-electron chi connectivity index (χ3n) is 0. The van der Waals surface area contributed by atoms with Crippen molar-refractivity contribution < 1.29 is 33.8 Å². The summed E-state index contributed by atoms with van der Waals surface area (Å²) >= 11 is 0. The molecule has 0 spiro atoms. The standard InChI is InChI=1S/CH5O3P.Zn/c1-5(2,3)4;/h1H3,(H2,2,3,4);/q;+2/p-2. The smallest absolute Gasteiger partial charge is 0.811 e. The molecule has 0 fully saturated rings. The van der Waals surface area contributed by atoms with Gasteiger partial charge in [0, 0.05) is 0 Å². The fourth-order valence-corrected chi connectivity index (χ4v) is 0. The molecule has 0 saturated heterocycles. The van der Waals surface area contributed by atoms with Gasteiger partial charge < -0.3 is 14.4 Å². The Morgan fingerprint density at radius 2 is 1.50 bits per heavy atom. The van der Waals surface area contributed by atoms with Crippen molar-refractivity contribution in [2.45, 2.75) is 0 Å². The second-order valence-corrected chi connectivity index (χ2v) is 2.31. The van der Waals surface area contributed by atoms with Crippen molar-refractivity contribution in [2.75, 3.05) is 6.66 Å². The third kappa shape index (κ3) is 114. The van der Waals surface area contributed by atoms with Crippen molar-refractivity contribution in [3.05, 3.63) is 0 Å². The maximum absolute atomic E-state index is 9.10. The van der Waals surface area contributed by atoms with Gasteiger partial charge in [0.2, 0.25) is 0 Å². The molecule has 0 aliphatic rings. The van der Waals surface area contributed by atoms with E-state index in [1.54, 1.807) is 0 Å². The first-order chi connectivity index (χ1) is 2.00. The fourth-order valence-electron chi connectivity index (χ4n) is 0. The third-order valence-corrected chi connectivity index (χ3v) is 0. The van der Waals surface area contributed by atoms with Gasteiger partial charge in [-0.15, -0.1) is 0 Å². The first-order valence-electron chi connectivity index (χ1n) is 0.995. The first-order valence-corrected chi connectivity index (χ1v) is 2.98. The quantitative estimate of drug-likeness (QED) is 0.320. The minimum absolute atomic E-state index is 0. The normalized spacial score (nSPS) is 9.83. The molecule has 0 atom stereocenters. The zero-order valence-corrected chi connectivity index (χ0v) is 7.24. The van der Waals surface area contributed by atoms with E-state index in [1.807, 2.05) is 0 Å². The summed E-state index contributed by atoms with van der Waals surface area (Å²) in [6.45, 7) is 0.632. The molecular formula is CH3O3PZn. The molecule has 0 unspecified atom stereocenters. The van der Waals surface area contributed by atoms with Crippen molar-refractivity contribution >= 4 is 7.60 Å². The van der Waals surface area contributed by atoms with Crippen LogP contribution in [0.25, 0.3) is 0 Å². The van der Waals surface area contributed by atoms with Crippen LogP contribution in [0.3, 0.4) is 0 Å². The van der Waals surface area contributed by atoms with Gasteiger partial charge in [-0.1, -0.05) is 7.60 Å². The van der Waals surface area contributed by atoms with Crippen molar-refractivity contribution in [3.63, 3.8) is 0 Å². The molecule has 0 aliphatic carbocycles. The van der Waals surface area contributed by atoms with Crippen LogP contribution in [0.15, 0.2) is 0 Å². The summed E-state index contributed by atoms with van der Waals surface area (Å²) in [5, 5.41) is 0. The second-order valence-electron chi connectivity index (χ2n) is 0.771. The molecule has 5 heteroatoms. The van der Waals surface area contributed by atoms with Gasteiger partial charge in [0.05, 0.1) is 0 Å². The van der Waals surface area contributed by atoms with Crippen LogP contribution in [0.4, 0.5) is 0 Å². The Hall–Kier alpha value is 0.773. The molecule has 0 radical (unpaired) electrons. The number of rotatable bonds is 0. The molecule has 0 bridgehead atoms. The van der Waals surface area contributed by atoms with E-state index < -0.39 is 7.60 Å². The molecule has 0 aromatic rings. The zero-order valence-electron chi connectivity index (χ0n) is 3.38. The minimum Gasteiger partial charge on any atom is -0.811 e. The number of hydrogen-bond acceptors (Lipinski definition) is 3. The Balaban J connectivity index is 0. The van der Waals surface area contributed by atoms with Crippen molar-refractivity contribution in [1.29, 1.82) is 0 Å². The summed E-state index contributed by atoms with van der Waals surface area (Å²) in [5.41, 5.74) is 0. The van der Waals surface area contributed by atoms with Gasteiger partial charge in [0.25, 0.3) is 0 Å². The summed E-state index contributed by atoms with van der Waals surface area (Å²) < 4.78 is 9.10. The predicted molar refractivity (Wildman–Crippen MR) is 13.5 cm³/mol. The first kappa shape index (κ1) is 9.91. The molecular weight excluding hydrogens is 156 g/mol. The summed E-state index contributed by atoms with van der Waals surface area (Å²) in [6, 6.07) is 0. The van der Waals surface area contributed by atoms with E-state index in [2.05, 4.69) is 0 Å². The monoisotopic (exact) mass is 158 g/mol. The SMILES string of the molecule is CP(=O)([O-])[O-].[Zn+2]. The van der Waals surface area contributed by atoms with Crippen LogP contribution in [-0.2, 0) is 24.0 Å². The van der Waals surface area contributed by atoms with Crippen molar-refractivity contribution in [1.82, 2.24) is 0 Å². The molecule has 0 aromatic carbocycles. The molecule has 32 valence electrons. The Kier molecular flexibility index (Phi) is 4.74. The Morgan fingerprint density at radius 1 is 1.50 bits per heavy atom. The summed E-state index contributed by atoms with van der Waals surface area (Å²) in [6.07, 6.45) is 0. The van der Waals surface area contributed by atoms with E-state index in [4.69, 9.17) is 14.4 Å². The van der Waals surface area contributed by atoms with E-state index in [9.17, 15) is 0 Å². The maximum Gasteiger partial charge on any atom is 2.00 e. The largest absolute Gasteiger partial charge is 2.00 e. The van der Waals surface area contributed by atoms with Crippen LogP contribution >= 0.6 is 7.60 Å².